The van der Waals surface area contributed by atoms with Crippen molar-refractivity contribution in [1.29, 1.82) is 0 Å². The molecule has 0 aromatic rings. The van der Waals surface area contributed by atoms with Crippen molar-refractivity contribution in [2.45, 2.75) is 6.92 Å². The number of carbonyl (C=O) groups excluding carboxylic acids is 1. The van der Waals surface area contributed by atoms with Crippen LogP contribution in [-0.2, 0) is 9.53 Å². The molecule has 0 amide bonds. The number of esters is 1. The Balaban J connectivity index is 3.25. The van der Waals surface area contributed by atoms with Gasteiger partial charge in [-0.3, -0.25) is 5.32 Å². The Morgan fingerprint density at radius 1 is 1.73 bits per heavy atom. The molecule has 0 radical (unpaired) electrons. The maximum Gasteiger partial charge on any atom is 0.333 e. The Bertz CT molecular complexity index is 145. The Morgan fingerprint density at radius 3 is 2.82 bits per heavy atom. The highest BCUT2D eigenvalue weighted by Gasteiger charge is 2.00. The molecular weight excluding hydrogens is 146 g/mol. The van der Waals surface area contributed by atoms with Gasteiger partial charge in [-0.25, -0.2) is 4.79 Å². The molecule has 0 aromatic carbocycles. The summed E-state index contributed by atoms with van der Waals surface area (Å²) in [6.07, 6.45) is 0. The smallest absolute Gasteiger partial charge is 0.333 e. The van der Waals surface area contributed by atoms with Crippen LogP contribution in [0.3, 0.4) is 0 Å². The van der Waals surface area contributed by atoms with Gasteiger partial charge < -0.3 is 9.84 Å². The van der Waals surface area contributed by atoms with E-state index >= 15 is 0 Å². The van der Waals surface area contributed by atoms with E-state index in [0.717, 1.165) is 0 Å². The molecule has 0 fully saturated rings. The third kappa shape index (κ3) is 5.57. The fourth-order valence-corrected chi connectivity index (χ4v) is 0.418. The first-order valence-corrected chi connectivity index (χ1v) is 3.32. The van der Waals surface area contributed by atoms with Crippen LogP contribution < -0.4 is 5.32 Å². The van der Waals surface area contributed by atoms with Crippen LogP contribution in [0.5, 0.6) is 0 Å². The number of aliphatic hydroxyl groups is 1. The van der Waals surface area contributed by atoms with Gasteiger partial charge in [0.2, 0.25) is 0 Å². The monoisotopic (exact) mass is 159 g/mol. The van der Waals surface area contributed by atoms with E-state index in [9.17, 15) is 4.79 Å². The largest absolute Gasteiger partial charge is 0.461 e. The highest BCUT2D eigenvalue weighted by molar-refractivity contribution is 5.86. The van der Waals surface area contributed by atoms with Gasteiger partial charge >= 0.3 is 5.97 Å². The molecule has 0 saturated heterocycles. The second kappa shape index (κ2) is 5.88. The van der Waals surface area contributed by atoms with Gasteiger partial charge in [0.1, 0.15) is 6.61 Å². The van der Waals surface area contributed by atoms with Crippen molar-refractivity contribution in [2.24, 2.45) is 0 Å². The zero-order valence-electron chi connectivity index (χ0n) is 6.59. The summed E-state index contributed by atoms with van der Waals surface area (Å²) in [6.45, 7) is 5.60. The van der Waals surface area contributed by atoms with Gasteiger partial charge in [0.05, 0.1) is 6.73 Å². The Morgan fingerprint density at radius 2 is 2.36 bits per heavy atom. The molecule has 64 valence electrons. The molecule has 11 heavy (non-hydrogen) atoms. The normalized spacial score (nSPS) is 9.27. The summed E-state index contributed by atoms with van der Waals surface area (Å²) >= 11 is 0. The quantitative estimate of drug-likeness (QED) is 0.249. The number of nitrogens with one attached hydrogen (secondary N) is 1. The molecule has 0 aliphatic rings. The van der Waals surface area contributed by atoms with Crippen LogP contribution >= 0.6 is 0 Å². The molecular formula is C7H13NO3. The molecule has 2 N–H and O–H groups in total. The minimum Gasteiger partial charge on any atom is -0.461 e. The summed E-state index contributed by atoms with van der Waals surface area (Å²) in [4.78, 5) is 10.7. The third-order valence-corrected chi connectivity index (χ3v) is 0.972. The van der Waals surface area contributed by atoms with Gasteiger partial charge in [-0.15, -0.1) is 0 Å². The minimum absolute atomic E-state index is 0.107. The van der Waals surface area contributed by atoms with E-state index < -0.39 is 5.97 Å². The molecule has 0 aliphatic heterocycles. The Hall–Kier alpha value is -0.870. The van der Waals surface area contributed by atoms with E-state index in [1.54, 1.807) is 6.92 Å². The van der Waals surface area contributed by atoms with Crippen LogP contribution in [0.15, 0.2) is 12.2 Å². The highest BCUT2D eigenvalue weighted by atomic mass is 16.5. The summed E-state index contributed by atoms with van der Waals surface area (Å²) in [5, 5.41) is 10.9. The zero-order valence-corrected chi connectivity index (χ0v) is 6.59. The molecule has 0 saturated carbocycles. The van der Waals surface area contributed by atoms with E-state index in [0.29, 0.717) is 12.1 Å². The summed E-state index contributed by atoms with van der Waals surface area (Å²) < 4.78 is 4.69. The van der Waals surface area contributed by atoms with E-state index in [1.807, 2.05) is 0 Å². The maximum atomic E-state index is 10.7. The molecule has 4 nitrogen and oxygen atoms in total. The second-order valence-electron chi connectivity index (χ2n) is 2.07. The molecule has 0 atom stereocenters. The van der Waals surface area contributed by atoms with Crippen molar-refractivity contribution in [3.63, 3.8) is 0 Å². The van der Waals surface area contributed by atoms with E-state index in [1.165, 1.54) is 0 Å². The number of hydrogen-bond donors (Lipinski definition) is 2. The van der Waals surface area contributed by atoms with Crippen LogP contribution in [0.4, 0.5) is 0 Å². The first kappa shape index (κ1) is 10.1. The molecule has 0 aliphatic carbocycles. The van der Waals surface area contributed by atoms with Crippen molar-refractivity contribution < 1.29 is 14.6 Å². The lowest BCUT2D eigenvalue weighted by Crippen LogP contribution is -2.22. The van der Waals surface area contributed by atoms with E-state index in [4.69, 9.17) is 9.84 Å². The molecule has 0 rings (SSSR count). The summed E-state index contributed by atoms with van der Waals surface area (Å²) in [5.74, 6) is -0.398. The molecule has 0 heterocycles. The van der Waals surface area contributed by atoms with Gasteiger partial charge in [-0.2, -0.15) is 0 Å². The average Bonchev–Trinajstić information content (AvgIpc) is 1.97. The molecule has 0 unspecified atom stereocenters. The SMILES string of the molecule is C=C(C)C(=O)OCCNCO. The van der Waals surface area contributed by atoms with Gasteiger partial charge in [0.25, 0.3) is 0 Å². The Labute approximate surface area is 65.9 Å². The predicted octanol–water partition coefficient (Wildman–Crippen LogP) is -0.355. The minimum atomic E-state index is -0.398. The fourth-order valence-electron chi connectivity index (χ4n) is 0.418. The summed E-state index contributed by atoms with van der Waals surface area (Å²) in [6, 6.07) is 0. The maximum absolute atomic E-state index is 10.7. The lowest BCUT2D eigenvalue weighted by Gasteiger charge is -2.03. The van der Waals surface area contributed by atoms with E-state index in [2.05, 4.69) is 11.9 Å². The molecule has 0 spiro atoms. The first-order valence-electron chi connectivity index (χ1n) is 3.32. The van der Waals surface area contributed by atoms with E-state index in [-0.39, 0.29) is 13.3 Å². The number of carbonyl (C=O) groups is 1. The molecule has 4 heteroatoms. The van der Waals surface area contributed by atoms with Crippen LogP contribution in [0.25, 0.3) is 0 Å². The second-order valence-corrected chi connectivity index (χ2v) is 2.07. The van der Waals surface area contributed by atoms with Crippen molar-refractivity contribution in [2.75, 3.05) is 19.9 Å². The van der Waals surface area contributed by atoms with Crippen LogP contribution in [0.1, 0.15) is 6.92 Å². The number of ether oxygens (including phenoxy) is 1. The number of hydrogen-bond acceptors (Lipinski definition) is 4. The molecule has 0 bridgehead atoms. The van der Waals surface area contributed by atoms with Crippen LogP contribution in [0, 0.1) is 0 Å². The zero-order chi connectivity index (χ0) is 8.69. The molecule has 0 aromatic heterocycles. The first-order chi connectivity index (χ1) is 5.18. The standard InChI is InChI=1S/C7H13NO3/c1-6(2)7(10)11-4-3-8-5-9/h8-9H,1,3-5H2,2H3. The number of aliphatic hydroxyl groups excluding tert-OH is 1. The predicted molar refractivity (Wildman–Crippen MR) is 40.9 cm³/mol. The highest BCUT2D eigenvalue weighted by Crippen LogP contribution is 1.90. The van der Waals surface area contributed by atoms with Crippen molar-refractivity contribution in [3.05, 3.63) is 12.2 Å². The van der Waals surface area contributed by atoms with Gasteiger partial charge in [0, 0.05) is 12.1 Å². The summed E-state index contributed by atoms with van der Waals surface area (Å²) in [7, 11) is 0. The van der Waals surface area contributed by atoms with Crippen LogP contribution in [-0.4, -0.2) is 31.0 Å². The van der Waals surface area contributed by atoms with Crippen molar-refractivity contribution >= 4 is 5.97 Å². The van der Waals surface area contributed by atoms with Gasteiger partial charge in [-0.1, -0.05) is 6.58 Å². The lowest BCUT2D eigenvalue weighted by atomic mass is 10.4. The topological polar surface area (TPSA) is 58.6 Å². The summed E-state index contributed by atoms with van der Waals surface area (Å²) in [5.41, 5.74) is 0.383. The average molecular weight is 159 g/mol. The lowest BCUT2D eigenvalue weighted by molar-refractivity contribution is -0.138. The van der Waals surface area contributed by atoms with Crippen LogP contribution in [0.2, 0.25) is 0 Å². The van der Waals surface area contributed by atoms with Gasteiger partial charge in [-0.05, 0) is 6.92 Å². The number of rotatable bonds is 5. The van der Waals surface area contributed by atoms with Crippen molar-refractivity contribution in [1.82, 2.24) is 5.32 Å². The Kier molecular flexibility index (Phi) is 5.42. The van der Waals surface area contributed by atoms with Gasteiger partial charge in [0.15, 0.2) is 0 Å². The van der Waals surface area contributed by atoms with Crippen molar-refractivity contribution in [3.8, 4) is 0 Å². The third-order valence-electron chi connectivity index (χ3n) is 0.972. The fraction of sp³-hybridized carbons (Fsp3) is 0.571.